The third kappa shape index (κ3) is 4.02. The molecule has 36 heavy (non-hydrogen) atoms. The lowest BCUT2D eigenvalue weighted by Crippen LogP contribution is -2.61. The van der Waals surface area contributed by atoms with Gasteiger partial charge in [0, 0.05) is 63.4 Å². The molecule has 0 bridgehead atoms. The summed E-state index contributed by atoms with van der Waals surface area (Å²) >= 11 is 0. The molecule has 0 aromatic carbocycles. The van der Waals surface area contributed by atoms with Crippen LogP contribution in [-0.2, 0) is 24.4 Å². The maximum absolute atomic E-state index is 11.5. The number of nitrogens with zero attached hydrogens (tertiary/aromatic N) is 8. The Balaban J connectivity index is 1.17. The van der Waals surface area contributed by atoms with Crippen molar-refractivity contribution in [2.45, 2.75) is 39.5 Å². The second-order valence-corrected chi connectivity index (χ2v) is 9.13. The molecule has 0 spiro atoms. The van der Waals surface area contributed by atoms with Gasteiger partial charge < -0.3 is 18.9 Å². The first kappa shape index (κ1) is 22.4. The van der Waals surface area contributed by atoms with Crippen LogP contribution in [0.4, 0.5) is 0 Å². The van der Waals surface area contributed by atoms with E-state index in [1.165, 1.54) is 5.56 Å². The Morgan fingerprint density at radius 1 is 1.22 bits per heavy atom. The van der Waals surface area contributed by atoms with Crippen LogP contribution in [0, 0.1) is 6.92 Å². The number of likely N-dealkylation sites (tertiary alicyclic amines) is 1. The van der Waals surface area contributed by atoms with Crippen LogP contribution < -0.4 is 9.47 Å². The minimum Gasteiger partial charge on any atom is -0.491 e. The predicted octanol–water partition coefficient (Wildman–Crippen LogP) is 1.66. The quantitative estimate of drug-likeness (QED) is 0.394. The maximum Gasteiger partial charge on any atom is 0.275 e. The van der Waals surface area contributed by atoms with Crippen LogP contribution in [0.5, 0.6) is 11.6 Å². The lowest BCUT2D eigenvalue weighted by atomic mass is 10.00. The van der Waals surface area contributed by atoms with Crippen molar-refractivity contribution < 1.29 is 18.8 Å². The molecule has 1 fully saturated rings. The minimum atomic E-state index is 0.147. The summed E-state index contributed by atoms with van der Waals surface area (Å²) in [5.41, 5.74) is 4.16. The molecule has 186 valence electrons. The summed E-state index contributed by atoms with van der Waals surface area (Å²) in [6.45, 7) is 7.09. The van der Waals surface area contributed by atoms with Crippen LogP contribution in [0.15, 0.2) is 28.8 Å². The van der Waals surface area contributed by atoms with E-state index in [4.69, 9.17) is 19.0 Å². The second-order valence-electron chi connectivity index (χ2n) is 9.13. The molecule has 4 aromatic heterocycles. The molecule has 0 atom stereocenters. The first-order chi connectivity index (χ1) is 17.5. The number of fused-ring (bicyclic) bond motifs is 2. The van der Waals surface area contributed by atoms with Crippen molar-refractivity contribution in [3.05, 3.63) is 47.0 Å². The Hall–Kier alpha value is -4.06. The van der Waals surface area contributed by atoms with Gasteiger partial charge in [-0.1, -0.05) is 11.2 Å². The fraction of sp³-hybridized carbons (Fsp3) is 0.417. The van der Waals surface area contributed by atoms with Crippen molar-refractivity contribution in [3.8, 4) is 23.1 Å². The molecule has 6 heterocycles. The number of rotatable bonds is 6. The Labute approximate surface area is 206 Å². The summed E-state index contributed by atoms with van der Waals surface area (Å²) in [7, 11) is 1.55. The van der Waals surface area contributed by atoms with Crippen molar-refractivity contribution in [1.82, 2.24) is 39.8 Å². The summed E-state index contributed by atoms with van der Waals surface area (Å²) in [6, 6.07) is 8.02. The van der Waals surface area contributed by atoms with E-state index < -0.39 is 0 Å². The van der Waals surface area contributed by atoms with E-state index in [-0.39, 0.29) is 12.5 Å². The first-order valence-electron chi connectivity index (χ1n) is 11.8. The fourth-order valence-corrected chi connectivity index (χ4v) is 4.64. The molecule has 1 saturated heterocycles. The topological polar surface area (TPSA) is 124 Å². The minimum absolute atomic E-state index is 0.147. The molecular formula is C24H26N8O4. The van der Waals surface area contributed by atoms with E-state index in [0.717, 1.165) is 44.0 Å². The number of methoxy groups -OCH3 is 1. The zero-order chi connectivity index (χ0) is 24.8. The van der Waals surface area contributed by atoms with Gasteiger partial charge in [-0.05, 0) is 18.6 Å². The van der Waals surface area contributed by atoms with E-state index >= 15 is 0 Å². The van der Waals surface area contributed by atoms with Gasteiger partial charge in [0.15, 0.2) is 17.1 Å². The van der Waals surface area contributed by atoms with E-state index in [0.29, 0.717) is 40.6 Å². The second kappa shape index (κ2) is 8.86. The number of ether oxygens (including phenoxy) is 2. The summed E-state index contributed by atoms with van der Waals surface area (Å²) in [4.78, 5) is 20.7. The van der Waals surface area contributed by atoms with Crippen LogP contribution in [-0.4, -0.2) is 78.4 Å². The van der Waals surface area contributed by atoms with Gasteiger partial charge in [-0.3, -0.25) is 14.7 Å². The molecule has 12 heteroatoms. The number of carbonyl (C=O) groups is 1. The van der Waals surface area contributed by atoms with Crippen LogP contribution in [0.1, 0.15) is 29.6 Å². The van der Waals surface area contributed by atoms with E-state index in [1.54, 1.807) is 30.7 Å². The molecule has 6 rings (SSSR count). The summed E-state index contributed by atoms with van der Waals surface area (Å²) in [5.74, 6) is 2.01. The van der Waals surface area contributed by atoms with Crippen LogP contribution in [0.2, 0.25) is 0 Å². The molecule has 0 saturated carbocycles. The molecule has 12 nitrogen and oxygen atoms in total. The summed E-state index contributed by atoms with van der Waals surface area (Å²) < 4.78 is 18.2. The van der Waals surface area contributed by atoms with Gasteiger partial charge in [0.2, 0.25) is 11.7 Å². The zero-order valence-corrected chi connectivity index (χ0v) is 20.3. The number of amides is 1. The highest BCUT2D eigenvalue weighted by molar-refractivity contribution is 5.74. The van der Waals surface area contributed by atoms with Crippen molar-refractivity contribution in [2.75, 3.05) is 26.7 Å². The molecule has 4 aromatic rings. The summed E-state index contributed by atoms with van der Waals surface area (Å²) in [5, 5.41) is 16.9. The van der Waals surface area contributed by atoms with Gasteiger partial charge in [0.05, 0.1) is 12.8 Å². The largest absolute Gasteiger partial charge is 0.491 e. The van der Waals surface area contributed by atoms with Gasteiger partial charge >= 0.3 is 0 Å². The lowest BCUT2D eigenvalue weighted by molar-refractivity contribution is -0.136. The van der Waals surface area contributed by atoms with Gasteiger partial charge in [-0.15, -0.1) is 15.3 Å². The Kier molecular flexibility index (Phi) is 5.52. The van der Waals surface area contributed by atoms with Crippen LogP contribution in [0.3, 0.4) is 0 Å². The van der Waals surface area contributed by atoms with Crippen molar-refractivity contribution in [1.29, 1.82) is 0 Å². The molecule has 0 radical (unpaired) electrons. The highest BCUT2D eigenvalue weighted by Gasteiger charge is 2.34. The van der Waals surface area contributed by atoms with Crippen molar-refractivity contribution in [3.63, 3.8) is 0 Å². The first-order valence-corrected chi connectivity index (χ1v) is 11.8. The molecular weight excluding hydrogens is 464 g/mol. The third-order valence-corrected chi connectivity index (χ3v) is 6.72. The molecule has 1 amide bonds. The maximum atomic E-state index is 11.5. The van der Waals surface area contributed by atoms with Gasteiger partial charge in [-0.25, -0.2) is 0 Å². The fourth-order valence-electron chi connectivity index (χ4n) is 4.64. The molecule has 0 N–H and O–H groups in total. The predicted molar refractivity (Wildman–Crippen MR) is 126 cm³/mol. The van der Waals surface area contributed by atoms with Gasteiger partial charge in [0.1, 0.15) is 12.4 Å². The standard InChI is InChI=1S/C24H26N8O4/c1-14-8-20(29-36-14)23-27-26-22-9-21(34-3)24(28-32(22)23)35-13-17-5-4-16-10-30(7-6-19(16)25-17)18-11-31(12-18)15(2)33/h4-5,8-9,18H,6-7,10-13H2,1-3H3. The number of hydrogen-bond donors (Lipinski definition) is 0. The van der Waals surface area contributed by atoms with Crippen LogP contribution in [0.25, 0.3) is 17.2 Å². The molecule has 0 aliphatic carbocycles. The van der Waals surface area contributed by atoms with Crippen LogP contribution >= 0.6 is 0 Å². The van der Waals surface area contributed by atoms with Gasteiger partial charge in [0.25, 0.3) is 5.88 Å². The SMILES string of the molecule is COc1cc2nnc(-c3cc(C)on3)n2nc1OCc1ccc2c(n1)CCN(C1CN(C(C)=O)C1)C2. The van der Waals surface area contributed by atoms with Crippen molar-refractivity contribution in [2.24, 2.45) is 0 Å². The molecule has 2 aliphatic heterocycles. The normalized spacial score (nSPS) is 16.1. The van der Waals surface area contributed by atoms with Crippen molar-refractivity contribution >= 4 is 11.6 Å². The summed E-state index contributed by atoms with van der Waals surface area (Å²) in [6.07, 6.45) is 0.870. The Bertz CT molecular complexity index is 1440. The number of carbonyl (C=O) groups excluding carboxylic acids is 1. The lowest BCUT2D eigenvalue weighted by Gasteiger charge is -2.46. The average Bonchev–Trinajstić information content (AvgIpc) is 3.46. The highest BCUT2D eigenvalue weighted by atomic mass is 16.5. The zero-order valence-electron chi connectivity index (χ0n) is 20.3. The number of pyridine rings is 1. The number of aromatic nitrogens is 6. The average molecular weight is 491 g/mol. The van der Waals surface area contributed by atoms with E-state index in [9.17, 15) is 4.79 Å². The molecule has 0 unspecified atom stereocenters. The van der Waals surface area contributed by atoms with E-state index in [1.807, 2.05) is 17.9 Å². The smallest absolute Gasteiger partial charge is 0.275 e. The highest BCUT2D eigenvalue weighted by Crippen LogP contribution is 2.29. The Morgan fingerprint density at radius 2 is 2.08 bits per heavy atom. The third-order valence-electron chi connectivity index (χ3n) is 6.72. The number of hydrogen-bond acceptors (Lipinski definition) is 10. The number of aryl methyl sites for hydroxylation is 1. The molecule has 2 aliphatic rings. The van der Waals surface area contributed by atoms with E-state index in [2.05, 4.69) is 31.4 Å². The Morgan fingerprint density at radius 3 is 2.83 bits per heavy atom. The van der Waals surface area contributed by atoms with Gasteiger partial charge in [-0.2, -0.15) is 4.52 Å². The monoisotopic (exact) mass is 490 g/mol.